The Hall–Kier alpha value is -2.58. The van der Waals surface area contributed by atoms with Crippen LogP contribution in [0.1, 0.15) is 5.76 Å². The molecule has 1 saturated heterocycles. The minimum atomic E-state index is -0.0735. The largest absolute Gasteiger partial charge is 0.467 e. The van der Waals surface area contributed by atoms with Gasteiger partial charge in [-0.2, -0.15) is 0 Å². The molecular weight excluding hydrogens is 352 g/mol. The number of amidine groups is 1. The van der Waals surface area contributed by atoms with Crippen molar-refractivity contribution in [3.05, 3.63) is 48.4 Å². The van der Waals surface area contributed by atoms with Crippen LogP contribution in [0.15, 0.2) is 52.1 Å². The summed E-state index contributed by atoms with van der Waals surface area (Å²) in [5.74, 6) is 1.03. The Morgan fingerprint density at radius 1 is 1.31 bits per heavy atom. The Bertz CT molecular complexity index is 800. The van der Waals surface area contributed by atoms with Gasteiger partial charge in [-0.25, -0.2) is 4.99 Å². The molecule has 1 N–H and O–H groups in total. The number of benzene rings is 1. The normalized spacial score (nSPS) is 15.9. The van der Waals surface area contributed by atoms with E-state index in [1.807, 2.05) is 32.3 Å². The third kappa shape index (κ3) is 4.74. The molecule has 0 unspecified atom stereocenters. The number of nitrogens with one attached hydrogen (secondary N) is 1. The van der Waals surface area contributed by atoms with Crippen LogP contribution in [0.2, 0.25) is 0 Å². The summed E-state index contributed by atoms with van der Waals surface area (Å²) in [6.45, 7) is 0.695. The molecule has 0 saturated carbocycles. The molecule has 0 aliphatic carbocycles. The second-order valence-electron chi connectivity index (χ2n) is 6.08. The van der Waals surface area contributed by atoms with Crippen LogP contribution >= 0.6 is 11.8 Å². The molecule has 8 heteroatoms. The lowest BCUT2D eigenvalue weighted by atomic mass is 10.3. The number of thioether (sulfide) groups is 1. The molecule has 0 radical (unpaired) electrons. The highest BCUT2D eigenvalue weighted by molar-refractivity contribution is 8.15. The zero-order valence-corrected chi connectivity index (χ0v) is 15.5. The van der Waals surface area contributed by atoms with Gasteiger partial charge < -0.3 is 14.6 Å². The fourth-order valence-electron chi connectivity index (χ4n) is 2.41. The number of carbonyl (C=O) groups is 2. The molecule has 1 aliphatic heterocycles. The lowest BCUT2D eigenvalue weighted by Crippen LogP contribution is -2.28. The lowest BCUT2D eigenvalue weighted by Gasteiger charge is -2.14. The standard InChI is InChI=1S/C18H20N4O3S/c1-21(2)11-16(23)19-13-5-7-14(8-6-13)20-18-22(17(24)12-26-18)10-15-4-3-9-25-15/h3-9H,10-12H2,1-2H3,(H,19,23). The van der Waals surface area contributed by atoms with E-state index in [-0.39, 0.29) is 11.8 Å². The van der Waals surface area contributed by atoms with E-state index < -0.39 is 0 Å². The van der Waals surface area contributed by atoms with Crippen molar-refractivity contribution in [3.8, 4) is 0 Å². The molecular formula is C18H20N4O3S. The second-order valence-corrected chi connectivity index (χ2v) is 7.02. The molecule has 2 heterocycles. The summed E-state index contributed by atoms with van der Waals surface area (Å²) in [5, 5.41) is 3.48. The van der Waals surface area contributed by atoms with E-state index >= 15 is 0 Å². The fourth-order valence-corrected chi connectivity index (χ4v) is 3.31. The first-order chi connectivity index (χ1) is 12.5. The minimum absolute atomic E-state index is 0.0118. The number of carbonyl (C=O) groups excluding carboxylic acids is 2. The highest BCUT2D eigenvalue weighted by Crippen LogP contribution is 2.26. The molecule has 0 atom stereocenters. The van der Waals surface area contributed by atoms with Gasteiger partial charge in [-0.1, -0.05) is 11.8 Å². The predicted molar refractivity (Wildman–Crippen MR) is 102 cm³/mol. The van der Waals surface area contributed by atoms with E-state index in [9.17, 15) is 9.59 Å². The van der Waals surface area contributed by atoms with E-state index in [0.29, 0.717) is 35.5 Å². The van der Waals surface area contributed by atoms with Crippen molar-refractivity contribution >= 4 is 40.1 Å². The summed E-state index contributed by atoms with van der Waals surface area (Å²) in [6, 6.07) is 10.8. The number of furan rings is 1. The Morgan fingerprint density at radius 3 is 2.73 bits per heavy atom. The summed E-state index contributed by atoms with van der Waals surface area (Å²) in [5.41, 5.74) is 1.43. The number of hydrogen-bond acceptors (Lipinski definition) is 6. The van der Waals surface area contributed by atoms with E-state index in [1.54, 1.807) is 34.3 Å². The maximum absolute atomic E-state index is 12.1. The number of nitrogens with zero attached hydrogens (tertiary/aromatic N) is 3. The van der Waals surface area contributed by atoms with E-state index in [4.69, 9.17) is 4.42 Å². The first-order valence-electron chi connectivity index (χ1n) is 8.10. The number of likely N-dealkylation sites (N-methyl/N-ethyl adjacent to an activating group) is 1. The second kappa shape index (κ2) is 8.20. The highest BCUT2D eigenvalue weighted by atomic mass is 32.2. The summed E-state index contributed by atoms with van der Waals surface area (Å²) < 4.78 is 5.32. The Morgan fingerprint density at radius 2 is 2.08 bits per heavy atom. The van der Waals surface area contributed by atoms with Crippen molar-refractivity contribution < 1.29 is 14.0 Å². The average molecular weight is 372 g/mol. The molecule has 26 heavy (non-hydrogen) atoms. The van der Waals surface area contributed by atoms with Gasteiger partial charge in [0.2, 0.25) is 11.8 Å². The van der Waals surface area contributed by atoms with Gasteiger partial charge >= 0.3 is 0 Å². The van der Waals surface area contributed by atoms with Gasteiger partial charge in [0.1, 0.15) is 5.76 Å². The van der Waals surface area contributed by atoms with Crippen LogP contribution < -0.4 is 5.32 Å². The molecule has 1 aromatic heterocycles. The Balaban J connectivity index is 1.68. The minimum Gasteiger partial charge on any atom is -0.467 e. The first kappa shape index (κ1) is 18.2. The van der Waals surface area contributed by atoms with Gasteiger partial charge in [-0.05, 0) is 50.5 Å². The summed E-state index contributed by atoms with van der Waals surface area (Å²) in [7, 11) is 3.68. The molecule has 2 amide bonds. The number of anilines is 1. The average Bonchev–Trinajstić information content (AvgIpc) is 3.21. The van der Waals surface area contributed by atoms with Crippen molar-refractivity contribution in [2.24, 2.45) is 4.99 Å². The number of rotatable bonds is 6. The number of aliphatic imine (C=N–C) groups is 1. The molecule has 136 valence electrons. The van der Waals surface area contributed by atoms with Crippen LogP contribution in [-0.4, -0.2) is 53.2 Å². The molecule has 0 bridgehead atoms. The molecule has 0 spiro atoms. The molecule has 7 nitrogen and oxygen atoms in total. The third-order valence-electron chi connectivity index (χ3n) is 3.59. The Labute approximate surface area is 156 Å². The van der Waals surface area contributed by atoms with Gasteiger partial charge in [-0.15, -0.1) is 0 Å². The summed E-state index contributed by atoms with van der Waals surface area (Å²) >= 11 is 1.41. The van der Waals surface area contributed by atoms with E-state index in [1.165, 1.54) is 11.8 Å². The summed E-state index contributed by atoms with van der Waals surface area (Å²) in [6.07, 6.45) is 1.59. The molecule has 3 rings (SSSR count). The van der Waals surface area contributed by atoms with Crippen molar-refractivity contribution in [2.45, 2.75) is 6.54 Å². The maximum atomic E-state index is 12.1. The van der Waals surface area contributed by atoms with Crippen LogP contribution in [0.5, 0.6) is 0 Å². The zero-order chi connectivity index (χ0) is 18.5. The molecule has 2 aromatic rings. The van der Waals surface area contributed by atoms with Crippen molar-refractivity contribution in [1.29, 1.82) is 0 Å². The van der Waals surface area contributed by atoms with Gasteiger partial charge in [-0.3, -0.25) is 14.5 Å². The third-order valence-corrected chi connectivity index (χ3v) is 4.55. The SMILES string of the molecule is CN(C)CC(=O)Nc1ccc(N=C2SCC(=O)N2Cc2ccco2)cc1. The zero-order valence-electron chi connectivity index (χ0n) is 14.6. The topological polar surface area (TPSA) is 78.2 Å². The lowest BCUT2D eigenvalue weighted by molar-refractivity contribution is -0.124. The summed E-state index contributed by atoms with van der Waals surface area (Å²) in [4.78, 5) is 31.9. The van der Waals surface area contributed by atoms with E-state index in [2.05, 4.69) is 10.3 Å². The maximum Gasteiger partial charge on any atom is 0.239 e. The van der Waals surface area contributed by atoms with Crippen molar-refractivity contribution in [1.82, 2.24) is 9.80 Å². The molecule has 1 aromatic carbocycles. The highest BCUT2D eigenvalue weighted by Gasteiger charge is 2.28. The fraction of sp³-hybridized carbons (Fsp3) is 0.278. The van der Waals surface area contributed by atoms with Gasteiger partial charge in [0.15, 0.2) is 5.17 Å². The quantitative estimate of drug-likeness (QED) is 0.843. The monoisotopic (exact) mass is 372 g/mol. The number of hydrogen-bond donors (Lipinski definition) is 1. The number of amides is 2. The Kier molecular flexibility index (Phi) is 5.75. The van der Waals surface area contributed by atoms with Gasteiger partial charge in [0.25, 0.3) is 0 Å². The molecule has 1 fully saturated rings. The van der Waals surface area contributed by atoms with E-state index in [0.717, 1.165) is 5.69 Å². The van der Waals surface area contributed by atoms with Crippen molar-refractivity contribution in [2.75, 3.05) is 31.7 Å². The van der Waals surface area contributed by atoms with Crippen LogP contribution in [0, 0.1) is 0 Å². The van der Waals surface area contributed by atoms with Crippen LogP contribution in [0.25, 0.3) is 0 Å². The van der Waals surface area contributed by atoms with Crippen molar-refractivity contribution in [3.63, 3.8) is 0 Å². The smallest absolute Gasteiger partial charge is 0.239 e. The van der Waals surface area contributed by atoms with Crippen LogP contribution in [0.3, 0.4) is 0 Å². The predicted octanol–water partition coefficient (Wildman–Crippen LogP) is 2.54. The van der Waals surface area contributed by atoms with Crippen LogP contribution in [-0.2, 0) is 16.1 Å². The first-order valence-corrected chi connectivity index (χ1v) is 9.09. The van der Waals surface area contributed by atoms with Gasteiger partial charge in [0, 0.05) is 5.69 Å². The molecule has 1 aliphatic rings. The van der Waals surface area contributed by atoms with Gasteiger partial charge in [0.05, 0.1) is 30.8 Å². The van der Waals surface area contributed by atoms with Crippen LogP contribution in [0.4, 0.5) is 11.4 Å².